The van der Waals surface area contributed by atoms with E-state index >= 15 is 0 Å². The average molecular weight is 321 g/mol. The maximum atomic E-state index is 12.5. The van der Waals surface area contributed by atoms with Crippen LogP contribution in [0.25, 0.3) is 6.08 Å². The minimum Gasteiger partial charge on any atom is -0.508 e. The first-order valence-corrected chi connectivity index (χ1v) is 8.21. The predicted molar refractivity (Wildman–Crippen MR) is 93.6 cm³/mol. The summed E-state index contributed by atoms with van der Waals surface area (Å²) in [5.74, 6) is 0.213. The molecule has 1 heterocycles. The third kappa shape index (κ3) is 2.69. The number of carbonyl (C=O) groups excluding carboxylic acids is 1. The molecular weight excluding hydrogens is 302 g/mol. The molecule has 0 unspecified atom stereocenters. The number of ether oxygens (including phenoxy) is 1. The number of morpholine rings is 1. The molecule has 122 valence electrons. The van der Waals surface area contributed by atoms with Gasteiger partial charge in [-0.1, -0.05) is 24.3 Å². The lowest BCUT2D eigenvalue weighted by molar-refractivity contribution is 0.104. The van der Waals surface area contributed by atoms with E-state index in [2.05, 4.69) is 17.0 Å². The molecule has 0 atom stereocenters. The molecule has 1 fully saturated rings. The molecule has 1 saturated heterocycles. The highest BCUT2D eigenvalue weighted by atomic mass is 16.5. The van der Waals surface area contributed by atoms with Gasteiger partial charge in [0.15, 0.2) is 5.78 Å². The fourth-order valence-electron chi connectivity index (χ4n) is 3.34. The molecule has 1 aliphatic heterocycles. The Morgan fingerprint density at radius 1 is 1.04 bits per heavy atom. The van der Waals surface area contributed by atoms with Crippen LogP contribution < -0.4 is 4.90 Å². The van der Waals surface area contributed by atoms with Gasteiger partial charge in [-0.2, -0.15) is 0 Å². The Bertz CT molecular complexity index is 802. The van der Waals surface area contributed by atoms with Crippen LogP contribution in [0.5, 0.6) is 5.75 Å². The zero-order valence-corrected chi connectivity index (χ0v) is 13.4. The smallest absolute Gasteiger partial charge is 0.189 e. The molecule has 1 aliphatic carbocycles. The first-order valence-electron chi connectivity index (χ1n) is 8.21. The molecule has 24 heavy (non-hydrogen) atoms. The maximum Gasteiger partial charge on any atom is 0.189 e. The van der Waals surface area contributed by atoms with Gasteiger partial charge in [0.05, 0.1) is 13.2 Å². The molecule has 0 radical (unpaired) electrons. The normalized spacial score (nSPS) is 18.9. The van der Waals surface area contributed by atoms with Crippen LogP contribution in [0.4, 0.5) is 5.69 Å². The van der Waals surface area contributed by atoms with Gasteiger partial charge in [0, 0.05) is 41.9 Å². The SMILES string of the molecule is O=C1/C(=C\c2ccc(N3CCOCC3)cc2)Cc2c(O)cccc21. The Morgan fingerprint density at radius 2 is 1.79 bits per heavy atom. The molecule has 4 heteroatoms. The number of rotatable bonds is 2. The molecular formula is C20H19NO3. The Morgan fingerprint density at radius 3 is 2.50 bits per heavy atom. The van der Waals surface area contributed by atoms with Gasteiger partial charge in [0.1, 0.15) is 5.75 Å². The summed E-state index contributed by atoms with van der Waals surface area (Å²) >= 11 is 0. The summed E-state index contributed by atoms with van der Waals surface area (Å²) in [4.78, 5) is 14.8. The molecule has 0 bridgehead atoms. The van der Waals surface area contributed by atoms with Crippen LogP contribution >= 0.6 is 0 Å². The van der Waals surface area contributed by atoms with Crippen molar-refractivity contribution in [2.24, 2.45) is 0 Å². The molecule has 2 aromatic rings. The third-order valence-electron chi connectivity index (χ3n) is 4.67. The van der Waals surface area contributed by atoms with Crippen LogP contribution in [0.3, 0.4) is 0 Å². The van der Waals surface area contributed by atoms with Crippen molar-refractivity contribution in [1.29, 1.82) is 0 Å². The van der Waals surface area contributed by atoms with E-state index in [-0.39, 0.29) is 11.5 Å². The summed E-state index contributed by atoms with van der Waals surface area (Å²) in [5.41, 5.74) is 4.26. The van der Waals surface area contributed by atoms with Crippen LogP contribution in [0.15, 0.2) is 48.0 Å². The number of hydrogen-bond acceptors (Lipinski definition) is 4. The van der Waals surface area contributed by atoms with Crippen molar-refractivity contribution in [3.63, 3.8) is 0 Å². The van der Waals surface area contributed by atoms with Crippen molar-refractivity contribution in [1.82, 2.24) is 0 Å². The Kier molecular flexibility index (Phi) is 3.82. The molecule has 1 N–H and O–H groups in total. The fourth-order valence-corrected chi connectivity index (χ4v) is 3.34. The van der Waals surface area contributed by atoms with Crippen LogP contribution in [0.2, 0.25) is 0 Å². The number of hydrogen-bond donors (Lipinski definition) is 1. The zero-order chi connectivity index (χ0) is 16.5. The van der Waals surface area contributed by atoms with E-state index in [1.165, 1.54) is 5.69 Å². The third-order valence-corrected chi connectivity index (χ3v) is 4.67. The van der Waals surface area contributed by atoms with E-state index in [1.54, 1.807) is 18.2 Å². The van der Waals surface area contributed by atoms with Crippen LogP contribution in [0, 0.1) is 0 Å². The zero-order valence-electron chi connectivity index (χ0n) is 13.4. The second-order valence-electron chi connectivity index (χ2n) is 6.17. The molecule has 2 aromatic carbocycles. The molecule has 0 amide bonds. The van der Waals surface area contributed by atoms with E-state index < -0.39 is 0 Å². The monoisotopic (exact) mass is 321 g/mol. The Balaban J connectivity index is 1.56. The first kappa shape index (κ1) is 15.0. The van der Waals surface area contributed by atoms with E-state index in [9.17, 15) is 9.90 Å². The topological polar surface area (TPSA) is 49.8 Å². The molecule has 0 aromatic heterocycles. The number of anilines is 1. The van der Waals surface area contributed by atoms with Crippen LogP contribution in [0.1, 0.15) is 21.5 Å². The number of phenols is 1. The number of ketones is 1. The average Bonchev–Trinajstić information content (AvgIpc) is 2.94. The van der Waals surface area contributed by atoms with Crippen LogP contribution in [-0.4, -0.2) is 37.2 Å². The number of carbonyl (C=O) groups is 1. The van der Waals surface area contributed by atoms with E-state index in [0.29, 0.717) is 12.0 Å². The van der Waals surface area contributed by atoms with Crippen molar-refractivity contribution in [3.05, 3.63) is 64.7 Å². The number of benzene rings is 2. The van der Waals surface area contributed by atoms with Crippen LogP contribution in [-0.2, 0) is 11.2 Å². The number of Topliss-reactive ketones (excluding diaryl/α,β-unsaturated/α-hetero) is 1. The van der Waals surface area contributed by atoms with Crippen molar-refractivity contribution < 1.29 is 14.6 Å². The molecule has 0 saturated carbocycles. The second kappa shape index (κ2) is 6.13. The number of phenolic OH excluding ortho intramolecular Hbond substituents is 1. The molecule has 0 spiro atoms. The van der Waals surface area contributed by atoms with Gasteiger partial charge >= 0.3 is 0 Å². The van der Waals surface area contributed by atoms with Gasteiger partial charge in [-0.05, 0) is 29.8 Å². The largest absolute Gasteiger partial charge is 0.508 e. The predicted octanol–water partition coefficient (Wildman–Crippen LogP) is 3.05. The maximum absolute atomic E-state index is 12.5. The number of fused-ring (bicyclic) bond motifs is 1. The standard InChI is InChI=1S/C20H19NO3/c22-19-3-1-2-17-18(19)13-15(20(17)23)12-14-4-6-16(7-5-14)21-8-10-24-11-9-21/h1-7,12,22H,8-11,13H2/b15-12-. The van der Waals surface area contributed by atoms with E-state index in [1.807, 2.05) is 18.2 Å². The summed E-state index contributed by atoms with van der Waals surface area (Å²) in [7, 11) is 0. The highest BCUT2D eigenvalue weighted by Gasteiger charge is 2.26. The fraction of sp³-hybridized carbons (Fsp3) is 0.250. The first-order chi connectivity index (χ1) is 11.7. The van der Waals surface area contributed by atoms with Gasteiger partial charge in [0.2, 0.25) is 0 Å². The van der Waals surface area contributed by atoms with Gasteiger partial charge in [-0.15, -0.1) is 0 Å². The van der Waals surface area contributed by atoms with E-state index in [0.717, 1.165) is 43.0 Å². The lowest BCUT2D eigenvalue weighted by Crippen LogP contribution is -2.36. The minimum atomic E-state index is 0.0122. The summed E-state index contributed by atoms with van der Waals surface area (Å²) in [5, 5.41) is 9.92. The quantitative estimate of drug-likeness (QED) is 0.864. The number of nitrogens with zero attached hydrogens (tertiary/aromatic N) is 1. The highest BCUT2D eigenvalue weighted by Crippen LogP contribution is 2.33. The lowest BCUT2D eigenvalue weighted by Gasteiger charge is -2.28. The summed E-state index contributed by atoms with van der Waals surface area (Å²) in [6.07, 6.45) is 2.41. The van der Waals surface area contributed by atoms with Gasteiger partial charge in [-0.3, -0.25) is 4.79 Å². The Hall–Kier alpha value is -2.59. The number of allylic oxidation sites excluding steroid dienone is 1. The molecule has 2 aliphatic rings. The lowest BCUT2D eigenvalue weighted by atomic mass is 10.1. The number of aromatic hydroxyl groups is 1. The summed E-state index contributed by atoms with van der Waals surface area (Å²) in [6, 6.07) is 13.4. The summed E-state index contributed by atoms with van der Waals surface area (Å²) < 4.78 is 5.38. The van der Waals surface area contributed by atoms with Gasteiger partial charge in [0.25, 0.3) is 0 Å². The van der Waals surface area contributed by atoms with Crippen molar-refractivity contribution in [2.45, 2.75) is 6.42 Å². The van der Waals surface area contributed by atoms with Crippen molar-refractivity contribution in [2.75, 3.05) is 31.2 Å². The van der Waals surface area contributed by atoms with Gasteiger partial charge in [-0.25, -0.2) is 0 Å². The van der Waals surface area contributed by atoms with Crippen molar-refractivity contribution >= 4 is 17.5 Å². The van der Waals surface area contributed by atoms with E-state index in [4.69, 9.17) is 4.74 Å². The van der Waals surface area contributed by atoms with Gasteiger partial charge < -0.3 is 14.7 Å². The summed E-state index contributed by atoms with van der Waals surface area (Å²) in [6.45, 7) is 3.35. The second-order valence-corrected chi connectivity index (χ2v) is 6.17. The highest BCUT2D eigenvalue weighted by molar-refractivity contribution is 6.16. The molecule has 4 rings (SSSR count). The minimum absolute atomic E-state index is 0.0122. The van der Waals surface area contributed by atoms with Crippen molar-refractivity contribution in [3.8, 4) is 5.75 Å². The Labute approximate surface area is 141 Å². The molecule has 4 nitrogen and oxygen atoms in total.